The van der Waals surface area contributed by atoms with E-state index in [9.17, 15) is 19.8 Å². The zero-order chi connectivity index (χ0) is 64.9. The van der Waals surface area contributed by atoms with E-state index in [1.165, 1.54) is 411 Å². The van der Waals surface area contributed by atoms with Gasteiger partial charge in [0, 0.05) is 12.8 Å². The van der Waals surface area contributed by atoms with Crippen LogP contribution in [0, 0.1) is 0 Å². The standard InChI is InChI=1S/C84H163NO5/c1-3-5-7-9-11-13-15-17-18-19-20-21-22-38-41-44-47-50-53-56-60-64-68-72-76-82(87)81(80-86)85-83(88)77-73-69-65-61-57-54-51-48-45-42-39-36-34-32-30-28-26-24-23-25-27-29-31-33-35-37-40-43-46-49-52-55-59-63-67-71-75-79-90-84(89)78-74-70-66-62-58-16-14-12-10-8-6-4-2/h23,25,72,76,81-82,86-87H,3-22,24,26-71,73-75,77-80H2,1-2H3,(H,85,88)/b25-23-,76-72+. The number of amides is 1. The quantitative estimate of drug-likeness (QED) is 0.0320. The Morgan fingerprint density at radius 1 is 0.300 bits per heavy atom. The van der Waals surface area contributed by atoms with Gasteiger partial charge in [0.25, 0.3) is 0 Å². The second kappa shape index (κ2) is 79.8. The summed E-state index contributed by atoms with van der Waals surface area (Å²) in [4.78, 5) is 24.6. The van der Waals surface area contributed by atoms with Gasteiger partial charge in [0.15, 0.2) is 0 Å². The molecule has 0 fully saturated rings. The van der Waals surface area contributed by atoms with Crippen molar-refractivity contribution in [3.05, 3.63) is 24.3 Å². The molecule has 0 aliphatic heterocycles. The van der Waals surface area contributed by atoms with E-state index in [2.05, 4.69) is 31.3 Å². The Hall–Kier alpha value is -1.66. The Morgan fingerprint density at radius 2 is 0.522 bits per heavy atom. The van der Waals surface area contributed by atoms with Crippen molar-refractivity contribution in [1.29, 1.82) is 0 Å². The Labute approximate surface area is 564 Å². The van der Waals surface area contributed by atoms with Crippen molar-refractivity contribution in [1.82, 2.24) is 5.32 Å². The lowest BCUT2D eigenvalue weighted by molar-refractivity contribution is -0.143. The zero-order valence-electron chi connectivity index (χ0n) is 61.4. The summed E-state index contributed by atoms with van der Waals surface area (Å²) in [5.74, 6) is -0.0354. The number of ether oxygens (including phenoxy) is 1. The first-order chi connectivity index (χ1) is 44.5. The van der Waals surface area contributed by atoms with E-state index < -0.39 is 12.1 Å². The van der Waals surface area contributed by atoms with Crippen LogP contribution in [-0.2, 0) is 14.3 Å². The number of rotatable bonds is 79. The van der Waals surface area contributed by atoms with Crippen molar-refractivity contribution < 1.29 is 24.5 Å². The molecule has 0 spiro atoms. The number of hydrogen-bond acceptors (Lipinski definition) is 5. The van der Waals surface area contributed by atoms with Gasteiger partial charge in [-0.3, -0.25) is 9.59 Å². The summed E-state index contributed by atoms with van der Waals surface area (Å²) in [7, 11) is 0. The van der Waals surface area contributed by atoms with Crippen molar-refractivity contribution in [3.8, 4) is 0 Å². The number of esters is 1. The molecule has 90 heavy (non-hydrogen) atoms. The fourth-order valence-electron chi connectivity index (χ4n) is 13.4. The lowest BCUT2D eigenvalue weighted by Gasteiger charge is -2.20. The minimum Gasteiger partial charge on any atom is -0.466 e. The van der Waals surface area contributed by atoms with Gasteiger partial charge in [0.05, 0.1) is 25.4 Å². The van der Waals surface area contributed by atoms with Gasteiger partial charge < -0.3 is 20.3 Å². The molecule has 6 heteroatoms. The number of allylic oxidation sites excluding steroid dienone is 3. The fourth-order valence-corrected chi connectivity index (χ4v) is 13.4. The molecule has 0 bridgehead atoms. The molecule has 0 radical (unpaired) electrons. The van der Waals surface area contributed by atoms with E-state index >= 15 is 0 Å². The zero-order valence-corrected chi connectivity index (χ0v) is 61.4. The fraction of sp³-hybridized carbons (Fsp3) is 0.929. The molecular weight excluding hydrogens is 1100 g/mol. The lowest BCUT2D eigenvalue weighted by atomic mass is 10.0. The van der Waals surface area contributed by atoms with Gasteiger partial charge in [-0.2, -0.15) is 0 Å². The smallest absolute Gasteiger partial charge is 0.305 e. The molecule has 0 aliphatic carbocycles. The summed E-state index contributed by atoms with van der Waals surface area (Å²) in [5.41, 5.74) is 0. The van der Waals surface area contributed by atoms with Crippen molar-refractivity contribution in [2.24, 2.45) is 0 Å². The maximum absolute atomic E-state index is 12.6. The number of carbonyl (C=O) groups is 2. The summed E-state index contributed by atoms with van der Waals surface area (Å²) in [6.45, 7) is 4.96. The summed E-state index contributed by atoms with van der Waals surface area (Å²) >= 11 is 0. The van der Waals surface area contributed by atoms with Crippen molar-refractivity contribution in [3.63, 3.8) is 0 Å². The molecule has 0 aromatic rings. The molecular formula is C84H163NO5. The second-order valence-corrected chi connectivity index (χ2v) is 28.8. The number of aliphatic hydroxyl groups excluding tert-OH is 2. The summed E-state index contributed by atoms with van der Waals surface area (Å²) in [6.07, 6.45) is 103. The minimum absolute atomic E-state index is 0.0229. The van der Waals surface area contributed by atoms with E-state index in [-0.39, 0.29) is 18.5 Å². The summed E-state index contributed by atoms with van der Waals surface area (Å²) in [5, 5.41) is 23.3. The molecule has 0 saturated heterocycles. The van der Waals surface area contributed by atoms with Gasteiger partial charge in [0.2, 0.25) is 5.91 Å². The first-order valence-corrected chi connectivity index (χ1v) is 41.6. The van der Waals surface area contributed by atoms with Crippen LogP contribution in [0.4, 0.5) is 0 Å². The topological polar surface area (TPSA) is 95.9 Å². The van der Waals surface area contributed by atoms with Crippen LogP contribution < -0.4 is 5.32 Å². The van der Waals surface area contributed by atoms with Crippen LogP contribution in [-0.4, -0.2) is 47.4 Å². The first-order valence-electron chi connectivity index (χ1n) is 41.6. The average molecular weight is 1270 g/mol. The largest absolute Gasteiger partial charge is 0.466 e. The van der Waals surface area contributed by atoms with E-state index in [0.717, 1.165) is 38.5 Å². The first kappa shape index (κ1) is 88.3. The molecule has 0 aliphatic rings. The minimum atomic E-state index is -0.843. The Kier molecular flexibility index (Phi) is 78.3. The molecule has 0 heterocycles. The summed E-state index contributed by atoms with van der Waals surface area (Å²) in [6, 6.07) is -0.626. The van der Waals surface area contributed by atoms with E-state index in [1.807, 2.05) is 6.08 Å². The van der Waals surface area contributed by atoms with Crippen molar-refractivity contribution >= 4 is 11.9 Å². The van der Waals surface area contributed by atoms with Crippen LogP contribution in [0.1, 0.15) is 476 Å². The Balaban J connectivity index is 3.36. The number of unbranched alkanes of at least 4 members (excludes halogenated alkanes) is 66. The van der Waals surface area contributed by atoms with Gasteiger partial charge >= 0.3 is 5.97 Å². The normalized spacial score (nSPS) is 12.5. The SMILES string of the molecule is CCCCCCCCCCCCCCCCCCCCCCCC/C=C/C(O)C(CO)NC(=O)CCCCCCCCCCCCCCCCCCC/C=C\CCCCCCCCCCCCCCCCCCOC(=O)CCCCCCCCCCCCCC. The van der Waals surface area contributed by atoms with Gasteiger partial charge in [-0.1, -0.05) is 430 Å². The third kappa shape index (κ3) is 75.4. The second-order valence-electron chi connectivity index (χ2n) is 28.8. The molecule has 0 aromatic carbocycles. The van der Waals surface area contributed by atoms with Crippen LogP contribution in [0.5, 0.6) is 0 Å². The highest BCUT2D eigenvalue weighted by Crippen LogP contribution is 2.20. The maximum Gasteiger partial charge on any atom is 0.305 e. The highest BCUT2D eigenvalue weighted by atomic mass is 16.5. The van der Waals surface area contributed by atoms with Gasteiger partial charge in [-0.05, 0) is 57.8 Å². The van der Waals surface area contributed by atoms with E-state index in [0.29, 0.717) is 19.4 Å². The maximum atomic E-state index is 12.6. The molecule has 0 aromatic heterocycles. The van der Waals surface area contributed by atoms with Crippen LogP contribution in [0.15, 0.2) is 24.3 Å². The monoisotopic (exact) mass is 1270 g/mol. The van der Waals surface area contributed by atoms with Crippen LogP contribution in [0.2, 0.25) is 0 Å². The van der Waals surface area contributed by atoms with Crippen LogP contribution >= 0.6 is 0 Å². The Bertz CT molecular complexity index is 1410. The Morgan fingerprint density at radius 3 is 0.789 bits per heavy atom. The molecule has 534 valence electrons. The van der Waals surface area contributed by atoms with Crippen molar-refractivity contribution in [2.75, 3.05) is 13.2 Å². The molecule has 0 saturated carbocycles. The van der Waals surface area contributed by atoms with Gasteiger partial charge in [-0.25, -0.2) is 0 Å². The number of aliphatic hydroxyl groups is 2. The highest BCUT2D eigenvalue weighted by Gasteiger charge is 2.18. The highest BCUT2D eigenvalue weighted by molar-refractivity contribution is 5.76. The predicted molar refractivity (Wildman–Crippen MR) is 398 cm³/mol. The molecule has 3 N–H and O–H groups in total. The van der Waals surface area contributed by atoms with Crippen molar-refractivity contribution in [2.45, 2.75) is 488 Å². The van der Waals surface area contributed by atoms with Crippen LogP contribution in [0.25, 0.3) is 0 Å². The third-order valence-electron chi connectivity index (χ3n) is 19.7. The molecule has 2 unspecified atom stereocenters. The lowest BCUT2D eigenvalue weighted by Crippen LogP contribution is -2.45. The number of carbonyl (C=O) groups excluding carboxylic acids is 2. The molecule has 0 rings (SSSR count). The third-order valence-corrected chi connectivity index (χ3v) is 19.7. The molecule has 2 atom stereocenters. The van der Waals surface area contributed by atoms with Crippen LogP contribution in [0.3, 0.4) is 0 Å². The van der Waals surface area contributed by atoms with Gasteiger partial charge in [-0.15, -0.1) is 0 Å². The molecule has 6 nitrogen and oxygen atoms in total. The van der Waals surface area contributed by atoms with E-state index in [1.54, 1.807) is 6.08 Å². The number of hydrogen-bond donors (Lipinski definition) is 3. The number of nitrogens with one attached hydrogen (secondary N) is 1. The van der Waals surface area contributed by atoms with E-state index in [4.69, 9.17) is 4.74 Å². The predicted octanol–water partition coefficient (Wildman–Crippen LogP) is 27.6. The summed E-state index contributed by atoms with van der Waals surface area (Å²) < 4.78 is 5.49. The molecule has 1 amide bonds. The average Bonchev–Trinajstić information content (AvgIpc) is 3.62. The van der Waals surface area contributed by atoms with Gasteiger partial charge in [0.1, 0.15) is 0 Å².